The molecule has 0 bridgehead atoms. The number of aromatic nitrogens is 2. The molecule has 2 saturated heterocycles. The van der Waals surface area contributed by atoms with E-state index in [1.807, 2.05) is 12.1 Å². The molecule has 0 unspecified atom stereocenters. The van der Waals surface area contributed by atoms with E-state index in [9.17, 15) is 4.79 Å². The molecule has 4 heterocycles. The number of hydrogen-bond acceptors (Lipinski definition) is 6. The number of carbonyl (C=O) groups is 1. The van der Waals surface area contributed by atoms with Crippen molar-refractivity contribution in [2.24, 2.45) is 0 Å². The molecule has 5 rings (SSSR count). The smallest absolute Gasteiger partial charge is 0.276 e. The van der Waals surface area contributed by atoms with Crippen LogP contribution in [0.1, 0.15) is 53.4 Å². The van der Waals surface area contributed by atoms with Crippen LogP contribution in [0.2, 0.25) is 0 Å². The van der Waals surface area contributed by atoms with Gasteiger partial charge in [-0.3, -0.25) is 9.78 Å². The molecule has 3 aliphatic rings. The molecule has 1 atom stereocenters. The van der Waals surface area contributed by atoms with Crippen LogP contribution in [0, 0.1) is 0 Å². The minimum atomic E-state index is -0.278. The summed E-state index contributed by atoms with van der Waals surface area (Å²) in [5, 5.41) is 3.95. The lowest BCUT2D eigenvalue weighted by Gasteiger charge is -2.52. The van der Waals surface area contributed by atoms with Gasteiger partial charge in [0.2, 0.25) is 0 Å². The number of likely N-dealkylation sites (tertiary alicyclic amines) is 1. The van der Waals surface area contributed by atoms with Crippen LogP contribution in [0.15, 0.2) is 35.1 Å². The largest absolute Gasteiger partial charge is 0.373 e. The normalized spacial score (nSPS) is 24.0. The Kier molecular flexibility index (Phi) is 4.21. The highest BCUT2D eigenvalue weighted by Gasteiger charge is 2.50. The molecule has 1 amide bonds. The molecule has 0 radical (unpaired) electrons. The Labute approximate surface area is 157 Å². The maximum atomic E-state index is 12.6. The lowest BCUT2D eigenvalue weighted by molar-refractivity contribution is -0.188. The summed E-state index contributed by atoms with van der Waals surface area (Å²) in [6.45, 7) is 2.42. The van der Waals surface area contributed by atoms with Gasteiger partial charge < -0.3 is 18.9 Å². The summed E-state index contributed by atoms with van der Waals surface area (Å²) < 4.78 is 17.4. The lowest BCUT2D eigenvalue weighted by Crippen LogP contribution is -2.67. The monoisotopic (exact) mass is 369 g/mol. The summed E-state index contributed by atoms with van der Waals surface area (Å²) in [5.41, 5.74) is 1.25. The van der Waals surface area contributed by atoms with Crippen LogP contribution in [-0.4, -0.2) is 52.3 Å². The van der Waals surface area contributed by atoms with Crippen LogP contribution in [0.5, 0.6) is 0 Å². The first kappa shape index (κ1) is 16.9. The maximum absolute atomic E-state index is 12.6. The fraction of sp³-hybridized carbons (Fsp3) is 0.550. The Morgan fingerprint density at radius 1 is 1.26 bits per heavy atom. The topological polar surface area (TPSA) is 77.7 Å². The summed E-state index contributed by atoms with van der Waals surface area (Å²) in [4.78, 5) is 18.4. The first-order valence-electron chi connectivity index (χ1n) is 9.61. The highest BCUT2D eigenvalue weighted by atomic mass is 16.5. The molecular formula is C20H23N3O4. The van der Waals surface area contributed by atoms with Crippen molar-refractivity contribution in [1.82, 2.24) is 15.0 Å². The Morgan fingerprint density at radius 3 is 2.85 bits per heavy atom. The predicted molar refractivity (Wildman–Crippen MR) is 95.1 cm³/mol. The number of pyridine rings is 1. The third-order valence-electron chi connectivity index (χ3n) is 5.66. The maximum Gasteiger partial charge on any atom is 0.276 e. The average Bonchev–Trinajstić information content (AvgIpc) is 3.42. The molecule has 7 heteroatoms. The first-order valence-corrected chi connectivity index (χ1v) is 9.61. The highest BCUT2D eigenvalue weighted by Crippen LogP contribution is 2.41. The van der Waals surface area contributed by atoms with Gasteiger partial charge in [-0.2, -0.15) is 0 Å². The van der Waals surface area contributed by atoms with Gasteiger partial charge >= 0.3 is 0 Å². The average molecular weight is 369 g/mol. The summed E-state index contributed by atoms with van der Waals surface area (Å²) in [6, 6.07) is 5.73. The Balaban J connectivity index is 1.15. The fourth-order valence-corrected chi connectivity index (χ4v) is 3.94. The molecular weight excluding hydrogens is 346 g/mol. The van der Waals surface area contributed by atoms with E-state index in [1.165, 1.54) is 0 Å². The lowest BCUT2D eigenvalue weighted by atomic mass is 9.84. The third kappa shape index (κ3) is 3.49. The minimum absolute atomic E-state index is 0.0697. The molecule has 2 aromatic rings. The molecule has 2 aliphatic heterocycles. The third-order valence-corrected chi connectivity index (χ3v) is 5.66. The zero-order valence-electron chi connectivity index (χ0n) is 15.2. The van der Waals surface area contributed by atoms with Crippen LogP contribution < -0.4 is 0 Å². The second-order valence-electron chi connectivity index (χ2n) is 7.86. The molecule has 0 aromatic carbocycles. The second-order valence-corrected chi connectivity index (χ2v) is 7.86. The van der Waals surface area contributed by atoms with Crippen molar-refractivity contribution in [1.29, 1.82) is 0 Å². The van der Waals surface area contributed by atoms with Gasteiger partial charge in [0, 0.05) is 37.4 Å². The van der Waals surface area contributed by atoms with Crippen molar-refractivity contribution in [3.63, 3.8) is 0 Å². The number of hydrogen-bond donors (Lipinski definition) is 0. The van der Waals surface area contributed by atoms with Gasteiger partial charge in [-0.25, -0.2) is 0 Å². The highest BCUT2D eigenvalue weighted by molar-refractivity contribution is 5.93. The Morgan fingerprint density at radius 2 is 2.07 bits per heavy atom. The molecule has 7 nitrogen and oxygen atoms in total. The van der Waals surface area contributed by atoms with Crippen molar-refractivity contribution in [2.45, 2.75) is 49.9 Å². The van der Waals surface area contributed by atoms with Gasteiger partial charge in [0.1, 0.15) is 11.4 Å². The van der Waals surface area contributed by atoms with Gasteiger partial charge in [0.25, 0.3) is 5.91 Å². The van der Waals surface area contributed by atoms with Crippen molar-refractivity contribution in [2.75, 3.05) is 19.7 Å². The number of carbonyl (C=O) groups excluding carboxylic acids is 1. The van der Waals surface area contributed by atoms with E-state index in [2.05, 4.69) is 10.1 Å². The molecule has 0 N–H and O–H groups in total. The van der Waals surface area contributed by atoms with E-state index in [-0.39, 0.29) is 17.6 Å². The van der Waals surface area contributed by atoms with Gasteiger partial charge in [0.05, 0.1) is 25.8 Å². The zero-order valence-corrected chi connectivity index (χ0v) is 15.2. The van der Waals surface area contributed by atoms with Gasteiger partial charge in [-0.1, -0.05) is 5.16 Å². The summed E-state index contributed by atoms with van der Waals surface area (Å²) >= 11 is 0. The van der Waals surface area contributed by atoms with Gasteiger partial charge in [0.15, 0.2) is 5.69 Å². The Bertz CT molecular complexity index is 812. The molecule has 1 saturated carbocycles. The van der Waals surface area contributed by atoms with Crippen LogP contribution in [-0.2, 0) is 16.1 Å². The van der Waals surface area contributed by atoms with Crippen molar-refractivity contribution in [3.05, 3.63) is 47.6 Å². The zero-order chi connectivity index (χ0) is 18.3. The van der Waals surface area contributed by atoms with Gasteiger partial charge in [-0.05, 0) is 37.0 Å². The number of amides is 1. The number of rotatable bonds is 5. The van der Waals surface area contributed by atoms with Crippen molar-refractivity contribution < 1.29 is 18.8 Å². The summed E-state index contributed by atoms with van der Waals surface area (Å²) in [5.74, 6) is 1.23. The van der Waals surface area contributed by atoms with E-state index in [4.69, 9.17) is 14.0 Å². The SMILES string of the molecule is O=C(c1cc(C2CC2)on1)N1CC2(C[C@H](OCc3ccncc3)CCO2)C1. The van der Waals surface area contributed by atoms with E-state index in [1.54, 1.807) is 23.4 Å². The fourth-order valence-electron chi connectivity index (χ4n) is 3.94. The minimum Gasteiger partial charge on any atom is -0.373 e. The molecule has 1 aliphatic carbocycles. The van der Waals surface area contributed by atoms with Crippen molar-refractivity contribution in [3.8, 4) is 0 Å². The van der Waals surface area contributed by atoms with E-state index < -0.39 is 0 Å². The van der Waals surface area contributed by atoms with Crippen LogP contribution in [0.4, 0.5) is 0 Å². The van der Waals surface area contributed by atoms with Gasteiger partial charge in [-0.15, -0.1) is 0 Å². The van der Waals surface area contributed by atoms with Crippen LogP contribution in [0.25, 0.3) is 0 Å². The predicted octanol–water partition coefficient (Wildman–Crippen LogP) is 2.54. The van der Waals surface area contributed by atoms with Crippen LogP contribution in [0.3, 0.4) is 0 Å². The number of ether oxygens (including phenoxy) is 2. The molecule has 1 spiro atoms. The van der Waals surface area contributed by atoms with E-state index >= 15 is 0 Å². The molecule has 2 aromatic heterocycles. The molecule has 27 heavy (non-hydrogen) atoms. The van der Waals surface area contributed by atoms with Crippen LogP contribution >= 0.6 is 0 Å². The molecule has 142 valence electrons. The molecule has 3 fully saturated rings. The first-order chi connectivity index (χ1) is 13.2. The quantitative estimate of drug-likeness (QED) is 0.806. The number of nitrogens with zero attached hydrogens (tertiary/aromatic N) is 3. The van der Waals surface area contributed by atoms with Crippen molar-refractivity contribution >= 4 is 5.91 Å². The second kappa shape index (κ2) is 6.73. The van der Waals surface area contributed by atoms with E-state index in [0.29, 0.717) is 37.9 Å². The summed E-state index contributed by atoms with van der Waals surface area (Å²) in [6.07, 6.45) is 7.66. The summed E-state index contributed by atoms with van der Waals surface area (Å²) in [7, 11) is 0. The van der Waals surface area contributed by atoms with E-state index in [0.717, 1.165) is 37.0 Å². The Hall–Kier alpha value is -2.25. The standard InChI is InChI=1S/C20H23N3O4/c24-19(17-9-18(27-22-17)15-1-2-15)23-12-20(13-23)10-16(5-8-26-20)25-11-14-3-6-21-7-4-14/h3-4,6-7,9,15-16H,1-2,5,8,10-13H2/t16-/m1/s1.